The van der Waals surface area contributed by atoms with Gasteiger partial charge in [0.1, 0.15) is 0 Å². The maximum Gasteiger partial charge on any atom is 0.251 e. The van der Waals surface area contributed by atoms with Gasteiger partial charge in [-0.3, -0.25) is 4.79 Å². The van der Waals surface area contributed by atoms with Crippen molar-refractivity contribution in [3.63, 3.8) is 0 Å². The van der Waals surface area contributed by atoms with Crippen molar-refractivity contribution in [2.75, 3.05) is 18.1 Å². The molecule has 0 unspecified atom stereocenters. The van der Waals surface area contributed by atoms with Crippen molar-refractivity contribution >= 4 is 17.3 Å². The van der Waals surface area contributed by atoms with E-state index in [9.17, 15) is 4.79 Å². The lowest BCUT2D eigenvalue weighted by molar-refractivity contribution is 0.0963. The maximum absolute atomic E-state index is 11.4. The van der Waals surface area contributed by atoms with E-state index in [0.29, 0.717) is 29.5 Å². The number of aromatic nitrogens is 2. The van der Waals surface area contributed by atoms with Crippen LogP contribution in [0, 0.1) is 6.92 Å². The molecular formula is C12H15N5O2. The van der Waals surface area contributed by atoms with E-state index in [0.717, 1.165) is 5.69 Å². The van der Waals surface area contributed by atoms with Gasteiger partial charge in [-0.25, -0.2) is 0 Å². The summed E-state index contributed by atoms with van der Waals surface area (Å²) >= 11 is 0. The molecule has 0 bridgehead atoms. The molecule has 0 radical (unpaired) electrons. The average Bonchev–Trinajstić information content (AvgIpc) is 2.82. The van der Waals surface area contributed by atoms with Crippen molar-refractivity contribution in [1.82, 2.24) is 15.5 Å². The van der Waals surface area contributed by atoms with Crippen molar-refractivity contribution in [3.8, 4) is 0 Å². The topological polar surface area (TPSA) is 106 Å². The van der Waals surface area contributed by atoms with Crippen LogP contribution in [0.2, 0.25) is 0 Å². The second kappa shape index (κ2) is 5.38. The van der Waals surface area contributed by atoms with Gasteiger partial charge < -0.3 is 20.9 Å². The van der Waals surface area contributed by atoms with Gasteiger partial charge in [0.2, 0.25) is 5.89 Å². The zero-order valence-corrected chi connectivity index (χ0v) is 10.7. The first-order valence-corrected chi connectivity index (χ1v) is 5.75. The molecule has 1 heterocycles. The molecule has 2 rings (SSSR count). The molecule has 2 aromatic rings. The van der Waals surface area contributed by atoms with Gasteiger partial charge in [-0.05, 0) is 18.2 Å². The van der Waals surface area contributed by atoms with Crippen LogP contribution in [0.5, 0.6) is 0 Å². The number of nitrogens with zero attached hydrogens (tertiary/aromatic N) is 2. The van der Waals surface area contributed by atoms with Crippen molar-refractivity contribution in [2.24, 2.45) is 0 Å². The monoisotopic (exact) mass is 261 g/mol. The predicted molar refractivity (Wildman–Crippen MR) is 70.6 cm³/mol. The van der Waals surface area contributed by atoms with Crippen LogP contribution < -0.4 is 16.4 Å². The summed E-state index contributed by atoms with van der Waals surface area (Å²) in [5.41, 5.74) is 7.60. The minimum atomic E-state index is -0.174. The van der Waals surface area contributed by atoms with Crippen LogP contribution in [-0.2, 0) is 6.54 Å². The Morgan fingerprint density at radius 2 is 2.26 bits per heavy atom. The molecular weight excluding hydrogens is 246 g/mol. The Labute approximate surface area is 110 Å². The number of hydrogen-bond acceptors (Lipinski definition) is 6. The highest BCUT2D eigenvalue weighted by atomic mass is 16.5. The highest BCUT2D eigenvalue weighted by molar-refractivity contribution is 5.95. The third-order valence-corrected chi connectivity index (χ3v) is 2.55. The molecule has 0 saturated carbocycles. The SMILES string of the molecule is CNC(=O)c1ccc(NCc2noc(C)n2)c(N)c1. The van der Waals surface area contributed by atoms with Crippen LogP contribution in [0.1, 0.15) is 22.1 Å². The van der Waals surface area contributed by atoms with Crippen LogP contribution in [0.3, 0.4) is 0 Å². The second-order valence-electron chi connectivity index (χ2n) is 3.96. The molecule has 1 aromatic carbocycles. The van der Waals surface area contributed by atoms with Crippen LogP contribution in [0.15, 0.2) is 22.7 Å². The highest BCUT2D eigenvalue weighted by Gasteiger charge is 2.07. The average molecular weight is 261 g/mol. The molecule has 7 heteroatoms. The summed E-state index contributed by atoms with van der Waals surface area (Å²) in [5.74, 6) is 0.888. The minimum Gasteiger partial charge on any atom is -0.397 e. The Morgan fingerprint density at radius 1 is 1.47 bits per heavy atom. The molecule has 0 spiro atoms. The lowest BCUT2D eigenvalue weighted by Gasteiger charge is -2.09. The van der Waals surface area contributed by atoms with Gasteiger partial charge in [-0.15, -0.1) is 0 Å². The largest absolute Gasteiger partial charge is 0.397 e. The third kappa shape index (κ3) is 3.01. The van der Waals surface area contributed by atoms with E-state index in [1.807, 2.05) is 0 Å². The van der Waals surface area contributed by atoms with E-state index in [-0.39, 0.29) is 5.91 Å². The van der Waals surface area contributed by atoms with Gasteiger partial charge in [0, 0.05) is 19.5 Å². The lowest BCUT2D eigenvalue weighted by Crippen LogP contribution is -2.18. The first-order chi connectivity index (χ1) is 9.10. The van der Waals surface area contributed by atoms with Gasteiger partial charge in [0.15, 0.2) is 5.82 Å². The van der Waals surface area contributed by atoms with Crippen molar-refractivity contribution in [2.45, 2.75) is 13.5 Å². The van der Waals surface area contributed by atoms with Crippen LogP contribution in [0.4, 0.5) is 11.4 Å². The minimum absolute atomic E-state index is 0.174. The zero-order chi connectivity index (χ0) is 13.8. The van der Waals surface area contributed by atoms with Crippen LogP contribution in [0.25, 0.3) is 0 Å². The third-order valence-electron chi connectivity index (χ3n) is 2.55. The van der Waals surface area contributed by atoms with E-state index < -0.39 is 0 Å². The maximum atomic E-state index is 11.4. The molecule has 0 saturated heterocycles. The number of aryl methyl sites for hydroxylation is 1. The summed E-state index contributed by atoms with van der Waals surface area (Å²) in [6, 6.07) is 5.05. The number of benzene rings is 1. The summed E-state index contributed by atoms with van der Waals surface area (Å²) in [6.07, 6.45) is 0. The number of carbonyl (C=O) groups excluding carboxylic acids is 1. The number of anilines is 2. The van der Waals surface area contributed by atoms with Crippen LogP contribution >= 0.6 is 0 Å². The summed E-state index contributed by atoms with van der Waals surface area (Å²) in [7, 11) is 1.57. The van der Waals surface area contributed by atoms with Crippen molar-refractivity contribution < 1.29 is 9.32 Å². The quantitative estimate of drug-likeness (QED) is 0.707. The number of rotatable bonds is 4. The number of amides is 1. The summed E-state index contributed by atoms with van der Waals surface area (Å²) in [6.45, 7) is 2.13. The van der Waals surface area contributed by atoms with Gasteiger partial charge in [0.05, 0.1) is 17.9 Å². The standard InChI is InChI=1S/C12H15N5O2/c1-7-16-11(17-19-7)6-15-10-4-3-8(5-9(10)13)12(18)14-2/h3-5,15H,6,13H2,1-2H3,(H,14,18). The number of carbonyl (C=O) groups is 1. The summed E-state index contributed by atoms with van der Waals surface area (Å²) in [4.78, 5) is 15.5. The molecule has 19 heavy (non-hydrogen) atoms. The van der Waals surface area contributed by atoms with Gasteiger partial charge in [-0.2, -0.15) is 4.98 Å². The molecule has 0 aliphatic carbocycles. The Balaban J connectivity index is 2.07. The Morgan fingerprint density at radius 3 is 2.84 bits per heavy atom. The number of nitrogen functional groups attached to an aromatic ring is 1. The van der Waals surface area contributed by atoms with E-state index in [4.69, 9.17) is 10.3 Å². The van der Waals surface area contributed by atoms with E-state index in [1.165, 1.54) is 0 Å². The molecule has 0 atom stereocenters. The number of nitrogens with two attached hydrogens (primary N) is 1. The predicted octanol–water partition coefficient (Wildman–Crippen LogP) is 0.932. The lowest BCUT2D eigenvalue weighted by atomic mass is 10.1. The Hall–Kier alpha value is -2.57. The van der Waals surface area contributed by atoms with Gasteiger partial charge in [0.25, 0.3) is 5.91 Å². The highest BCUT2D eigenvalue weighted by Crippen LogP contribution is 2.20. The molecule has 0 aliphatic rings. The molecule has 4 N–H and O–H groups in total. The molecule has 0 aliphatic heterocycles. The fraction of sp³-hybridized carbons (Fsp3) is 0.250. The van der Waals surface area contributed by atoms with Gasteiger partial charge in [-0.1, -0.05) is 5.16 Å². The summed E-state index contributed by atoms with van der Waals surface area (Å²) in [5, 5.41) is 9.39. The van der Waals surface area contributed by atoms with Crippen molar-refractivity contribution in [1.29, 1.82) is 0 Å². The fourth-order valence-corrected chi connectivity index (χ4v) is 1.60. The van der Waals surface area contributed by atoms with Crippen molar-refractivity contribution in [3.05, 3.63) is 35.5 Å². The Kier molecular flexibility index (Phi) is 3.65. The van der Waals surface area contributed by atoms with E-state index in [2.05, 4.69) is 20.8 Å². The molecule has 1 aromatic heterocycles. The first-order valence-electron chi connectivity index (χ1n) is 5.75. The summed E-state index contributed by atoms with van der Waals surface area (Å²) < 4.78 is 4.86. The zero-order valence-electron chi connectivity index (χ0n) is 10.7. The normalized spacial score (nSPS) is 10.2. The number of nitrogens with one attached hydrogen (secondary N) is 2. The first kappa shape index (κ1) is 12.9. The second-order valence-corrected chi connectivity index (χ2v) is 3.96. The number of hydrogen-bond donors (Lipinski definition) is 3. The van der Waals surface area contributed by atoms with E-state index in [1.54, 1.807) is 32.2 Å². The van der Waals surface area contributed by atoms with E-state index >= 15 is 0 Å². The fourth-order valence-electron chi connectivity index (χ4n) is 1.60. The van der Waals surface area contributed by atoms with Gasteiger partial charge >= 0.3 is 0 Å². The van der Waals surface area contributed by atoms with Crippen LogP contribution in [-0.4, -0.2) is 23.1 Å². The molecule has 7 nitrogen and oxygen atoms in total. The Bertz CT molecular complexity index is 594. The molecule has 100 valence electrons. The smallest absolute Gasteiger partial charge is 0.251 e. The molecule has 0 fully saturated rings. The molecule has 1 amide bonds.